The van der Waals surface area contributed by atoms with Gasteiger partial charge in [-0.2, -0.15) is 0 Å². The van der Waals surface area contributed by atoms with Crippen molar-refractivity contribution in [1.82, 2.24) is 9.47 Å². The molecule has 5 rings (SSSR count). The van der Waals surface area contributed by atoms with Gasteiger partial charge in [0.2, 0.25) is 5.91 Å². The zero-order valence-electron chi connectivity index (χ0n) is 20.4. The van der Waals surface area contributed by atoms with E-state index >= 15 is 0 Å². The van der Waals surface area contributed by atoms with Gasteiger partial charge in [-0.1, -0.05) is 43.6 Å². The lowest BCUT2D eigenvalue weighted by Crippen LogP contribution is -2.39. The zero-order valence-corrected chi connectivity index (χ0v) is 21.9. The van der Waals surface area contributed by atoms with E-state index in [2.05, 4.69) is 19.9 Å². The molecule has 2 saturated heterocycles. The Morgan fingerprint density at radius 1 is 1.11 bits per heavy atom. The molecule has 6 nitrogen and oxygen atoms in total. The molecule has 2 fully saturated rings. The summed E-state index contributed by atoms with van der Waals surface area (Å²) in [4.78, 5) is 42.6. The molecule has 0 atom stereocenters. The summed E-state index contributed by atoms with van der Waals surface area (Å²) in [7, 11) is 0. The first kappa shape index (κ1) is 24.7. The molecule has 3 aromatic rings. The van der Waals surface area contributed by atoms with Crippen LogP contribution in [0.5, 0.6) is 0 Å². The average Bonchev–Trinajstić information content (AvgIpc) is 3.36. The highest BCUT2D eigenvalue weighted by molar-refractivity contribution is 8.19. The fraction of sp³-hybridized carbons (Fsp3) is 0.321. The maximum atomic E-state index is 13.2. The number of piperidine rings is 1. The predicted octanol–water partition coefficient (Wildman–Crippen LogP) is 6.36. The summed E-state index contributed by atoms with van der Waals surface area (Å²) < 4.78 is 2.00. The molecule has 3 amide bonds. The lowest BCUT2D eigenvalue weighted by atomic mass is 9.99. The number of benzene rings is 2. The van der Waals surface area contributed by atoms with Crippen molar-refractivity contribution in [3.05, 3.63) is 69.7 Å². The number of para-hydroxylation sites is 1. The summed E-state index contributed by atoms with van der Waals surface area (Å²) in [5.41, 5.74) is 3.45. The minimum atomic E-state index is -0.363. The van der Waals surface area contributed by atoms with Gasteiger partial charge >= 0.3 is 0 Å². The largest absolute Gasteiger partial charge is 0.341 e. The first-order valence-corrected chi connectivity index (χ1v) is 13.5. The van der Waals surface area contributed by atoms with Crippen LogP contribution in [0.3, 0.4) is 0 Å². The average molecular weight is 522 g/mol. The monoisotopic (exact) mass is 521 g/mol. The Bertz CT molecular complexity index is 1370. The number of amides is 3. The Morgan fingerprint density at radius 3 is 2.53 bits per heavy atom. The third kappa shape index (κ3) is 4.70. The number of hydrogen-bond acceptors (Lipinski definition) is 4. The number of likely N-dealkylation sites (tertiary alicyclic amines) is 1. The van der Waals surface area contributed by atoms with Crippen LogP contribution < -0.4 is 4.90 Å². The molecule has 0 bridgehead atoms. The van der Waals surface area contributed by atoms with Crippen LogP contribution >= 0.6 is 23.4 Å². The Hall–Kier alpha value is -3.03. The maximum absolute atomic E-state index is 13.2. The molecule has 0 spiro atoms. The standard InChI is InChI=1S/C28H28ClN3O3S/c1-3-19-5-4-6-23-20(16-31(26(19)23)17-25(33)30-13-11-18(2)12-14-30)15-24-27(34)32(28(35)36-24)22-9-7-21(29)8-10-22/h4-10,15-16,18H,3,11-14,17H2,1-2H3/b24-15-. The second kappa shape index (κ2) is 10.1. The van der Waals surface area contributed by atoms with Gasteiger partial charge in [0.1, 0.15) is 6.54 Å². The number of carbonyl (C=O) groups is 3. The first-order valence-electron chi connectivity index (χ1n) is 12.3. The lowest BCUT2D eigenvalue weighted by molar-refractivity contribution is -0.133. The van der Waals surface area contributed by atoms with Gasteiger partial charge in [0, 0.05) is 35.3 Å². The van der Waals surface area contributed by atoms with Crippen LogP contribution in [0.15, 0.2) is 53.6 Å². The van der Waals surface area contributed by atoms with E-state index in [0.717, 1.165) is 66.1 Å². The van der Waals surface area contributed by atoms with E-state index < -0.39 is 0 Å². The van der Waals surface area contributed by atoms with E-state index in [9.17, 15) is 14.4 Å². The van der Waals surface area contributed by atoms with Gasteiger partial charge in [-0.3, -0.25) is 14.4 Å². The van der Waals surface area contributed by atoms with Crippen LogP contribution in [-0.4, -0.2) is 39.6 Å². The summed E-state index contributed by atoms with van der Waals surface area (Å²) in [6.07, 6.45) is 6.60. The maximum Gasteiger partial charge on any atom is 0.298 e. The number of halogens is 1. The van der Waals surface area contributed by atoms with Crippen molar-refractivity contribution >= 4 is 63.1 Å². The predicted molar refractivity (Wildman–Crippen MR) is 146 cm³/mol. The number of aryl methyl sites for hydroxylation is 1. The molecule has 0 aliphatic carbocycles. The Labute approximate surface area is 219 Å². The molecule has 1 aromatic heterocycles. The summed E-state index contributed by atoms with van der Waals surface area (Å²) in [6, 6.07) is 12.7. The van der Waals surface area contributed by atoms with Crippen LogP contribution in [0, 0.1) is 5.92 Å². The molecule has 8 heteroatoms. The fourth-order valence-corrected chi connectivity index (χ4v) is 5.87. The Morgan fingerprint density at radius 2 is 1.83 bits per heavy atom. The van der Waals surface area contributed by atoms with Crippen molar-refractivity contribution < 1.29 is 14.4 Å². The number of nitrogens with zero attached hydrogens (tertiary/aromatic N) is 3. The minimum absolute atomic E-state index is 0.110. The van der Waals surface area contributed by atoms with Gasteiger partial charge in [0.15, 0.2) is 0 Å². The molecule has 0 unspecified atom stereocenters. The van der Waals surface area contributed by atoms with Gasteiger partial charge in [0.25, 0.3) is 11.1 Å². The van der Waals surface area contributed by atoms with Crippen LogP contribution in [0.4, 0.5) is 10.5 Å². The summed E-state index contributed by atoms with van der Waals surface area (Å²) in [5.74, 6) is 0.403. The van der Waals surface area contributed by atoms with Crippen LogP contribution in [0.1, 0.15) is 37.8 Å². The van der Waals surface area contributed by atoms with Crippen molar-refractivity contribution in [3.8, 4) is 0 Å². The van der Waals surface area contributed by atoms with Crippen LogP contribution in [0.2, 0.25) is 5.02 Å². The molecular weight excluding hydrogens is 494 g/mol. The van der Waals surface area contributed by atoms with E-state index in [1.807, 2.05) is 27.8 Å². The Balaban J connectivity index is 1.49. The van der Waals surface area contributed by atoms with E-state index in [-0.39, 0.29) is 23.6 Å². The van der Waals surface area contributed by atoms with E-state index in [0.29, 0.717) is 21.5 Å². The normalized spacial score (nSPS) is 18.1. The third-order valence-corrected chi connectivity index (χ3v) is 8.12. The zero-order chi connectivity index (χ0) is 25.4. The summed E-state index contributed by atoms with van der Waals surface area (Å²) >= 11 is 6.89. The highest BCUT2D eigenvalue weighted by Gasteiger charge is 2.36. The topological polar surface area (TPSA) is 62.6 Å². The van der Waals surface area contributed by atoms with E-state index in [1.54, 1.807) is 30.3 Å². The van der Waals surface area contributed by atoms with Crippen molar-refractivity contribution in [2.24, 2.45) is 5.92 Å². The third-order valence-electron chi connectivity index (χ3n) is 7.00. The molecule has 186 valence electrons. The second-order valence-corrected chi connectivity index (χ2v) is 10.9. The first-order chi connectivity index (χ1) is 17.4. The fourth-order valence-electron chi connectivity index (χ4n) is 4.92. The Kier molecular flexibility index (Phi) is 6.95. The second-order valence-electron chi connectivity index (χ2n) is 9.44. The molecule has 3 heterocycles. The number of anilines is 1. The minimum Gasteiger partial charge on any atom is -0.341 e. The number of hydrogen-bond donors (Lipinski definition) is 0. The van der Waals surface area contributed by atoms with Crippen molar-refractivity contribution in [1.29, 1.82) is 0 Å². The number of aromatic nitrogens is 1. The van der Waals surface area contributed by atoms with E-state index in [1.165, 1.54) is 4.90 Å². The number of fused-ring (bicyclic) bond motifs is 1. The van der Waals surface area contributed by atoms with Gasteiger partial charge in [-0.05, 0) is 72.8 Å². The molecule has 0 saturated carbocycles. The number of rotatable bonds is 5. The molecular formula is C28H28ClN3O3S. The van der Waals surface area contributed by atoms with Crippen LogP contribution in [-0.2, 0) is 22.6 Å². The van der Waals surface area contributed by atoms with Gasteiger partial charge < -0.3 is 9.47 Å². The van der Waals surface area contributed by atoms with Crippen molar-refractivity contribution in [2.75, 3.05) is 18.0 Å². The highest BCUT2D eigenvalue weighted by Crippen LogP contribution is 2.37. The van der Waals surface area contributed by atoms with Gasteiger partial charge in [-0.25, -0.2) is 4.90 Å². The number of imide groups is 1. The molecule has 0 N–H and O–H groups in total. The number of thioether (sulfide) groups is 1. The number of carbonyl (C=O) groups excluding carboxylic acids is 3. The van der Waals surface area contributed by atoms with Crippen LogP contribution in [0.25, 0.3) is 17.0 Å². The molecule has 2 aliphatic heterocycles. The molecule has 2 aromatic carbocycles. The van der Waals surface area contributed by atoms with Gasteiger partial charge in [0.05, 0.1) is 16.1 Å². The molecule has 36 heavy (non-hydrogen) atoms. The van der Waals surface area contributed by atoms with Crippen molar-refractivity contribution in [3.63, 3.8) is 0 Å². The smallest absolute Gasteiger partial charge is 0.298 e. The lowest BCUT2D eigenvalue weighted by Gasteiger charge is -2.30. The summed E-state index contributed by atoms with van der Waals surface area (Å²) in [5, 5.41) is 1.16. The quantitative estimate of drug-likeness (QED) is 0.367. The van der Waals surface area contributed by atoms with Crippen molar-refractivity contribution in [2.45, 2.75) is 39.7 Å². The van der Waals surface area contributed by atoms with Gasteiger partial charge in [-0.15, -0.1) is 0 Å². The molecule has 0 radical (unpaired) electrons. The SMILES string of the molecule is CCc1cccc2c(/C=C3\SC(=O)N(c4ccc(Cl)cc4)C3=O)cn(CC(=O)N3CCC(C)CC3)c12. The molecule has 2 aliphatic rings. The summed E-state index contributed by atoms with van der Waals surface area (Å²) in [6.45, 7) is 6.17. The highest BCUT2D eigenvalue weighted by atomic mass is 35.5. The van der Waals surface area contributed by atoms with E-state index in [4.69, 9.17) is 11.6 Å².